The maximum absolute atomic E-state index is 11.7. The van der Waals surface area contributed by atoms with E-state index >= 15 is 0 Å². The number of fused-ring (bicyclic) bond motifs is 2. The zero-order valence-electron chi connectivity index (χ0n) is 19.0. The van der Waals surface area contributed by atoms with E-state index in [-0.39, 0.29) is 5.97 Å². The molecule has 5 rings (SSSR count). The van der Waals surface area contributed by atoms with E-state index < -0.39 is 0 Å². The monoisotopic (exact) mass is 453 g/mol. The molecule has 0 radical (unpaired) electrons. The van der Waals surface area contributed by atoms with Crippen LogP contribution in [0, 0.1) is 18.3 Å². The molecule has 1 aliphatic rings. The number of nitrogens with zero attached hydrogens (tertiary/aromatic N) is 4. The van der Waals surface area contributed by atoms with Gasteiger partial charge in [-0.2, -0.15) is 10.4 Å². The maximum Gasteiger partial charge on any atom is 0.338 e. The van der Waals surface area contributed by atoms with E-state index in [1.54, 1.807) is 10.7 Å². The average Bonchev–Trinajstić information content (AvgIpc) is 3.47. The summed E-state index contributed by atoms with van der Waals surface area (Å²) in [5, 5.41) is 18.3. The number of cyclic esters (lactones) is 1. The highest BCUT2D eigenvalue weighted by Crippen LogP contribution is 2.27. The van der Waals surface area contributed by atoms with Gasteiger partial charge in [0.25, 0.3) is 0 Å². The molecule has 0 amide bonds. The van der Waals surface area contributed by atoms with E-state index in [0.717, 1.165) is 40.6 Å². The van der Waals surface area contributed by atoms with Gasteiger partial charge in [-0.15, -0.1) is 0 Å². The first-order valence-electron chi connectivity index (χ1n) is 11.0. The van der Waals surface area contributed by atoms with Crippen molar-refractivity contribution in [3.63, 3.8) is 0 Å². The van der Waals surface area contributed by atoms with E-state index in [2.05, 4.69) is 34.5 Å². The summed E-state index contributed by atoms with van der Waals surface area (Å²) in [4.78, 5) is 16.1. The summed E-state index contributed by atoms with van der Waals surface area (Å²) >= 11 is 0. The highest BCUT2D eigenvalue weighted by atomic mass is 16.5. The number of hydrogen-bond donors (Lipinski definition) is 1. The van der Waals surface area contributed by atoms with Gasteiger partial charge in [-0.05, 0) is 48.7 Å². The molecule has 3 heterocycles. The Morgan fingerprint density at radius 2 is 2.12 bits per heavy atom. The van der Waals surface area contributed by atoms with Crippen molar-refractivity contribution in [1.29, 1.82) is 5.26 Å². The number of rotatable bonds is 7. The molecule has 0 bridgehead atoms. The molecule has 1 aliphatic heterocycles. The molecule has 0 unspecified atom stereocenters. The van der Waals surface area contributed by atoms with Crippen LogP contribution in [0.5, 0.6) is 5.75 Å². The van der Waals surface area contributed by atoms with Crippen LogP contribution >= 0.6 is 0 Å². The third kappa shape index (κ3) is 3.76. The van der Waals surface area contributed by atoms with Crippen LogP contribution in [0.2, 0.25) is 0 Å². The highest BCUT2D eigenvalue weighted by molar-refractivity contribution is 5.94. The maximum atomic E-state index is 11.7. The van der Waals surface area contributed by atoms with Crippen molar-refractivity contribution in [2.75, 3.05) is 13.7 Å². The Morgan fingerprint density at radius 3 is 2.94 bits per heavy atom. The Kier molecular flexibility index (Phi) is 5.70. The Bertz CT molecular complexity index is 1450. The van der Waals surface area contributed by atoms with Gasteiger partial charge in [0.15, 0.2) is 5.82 Å². The molecule has 34 heavy (non-hydrogen) atoms. The van der Waals surface area contributed by atoms with Crippen LogP contribution in [-0.2, 0) is 24.3 Å². The number of esters is 1. The van der Waals surface area contributed by atoms with Gasteiger partial charge in [-0.1, -0.05) is 18.2 Å². The molecule has 1 N–H and O–H groups in total. The highest BCUT2D eigenvalue weighted by Gasteiger charge is 2.23. The normalized spacial score (nSPS) is 12.4. The number of methoxy groups -OCH3 is 1. The summed E-state index contributed by atoms with van der Waals surface area (Å²) in [5.41, 5.74) is 6.49. The number of nitrogens with one attached hydrogen (secondary N) is 1. The lowest BCUT2D eigenvalue weighted by molar-refractivity contribution is 0.0535. The van der Waals surface area contributed by atoms with E-state index in [0.29, 0.717) is 35.8 Å². The average molecular weight is 454 g/mol. The molecular formula is C26H23N5O3. The minimum absolute atomic E-state index is 0.230. The lowest BCUT2D eigenvalue weighted by Gasteiger charge is -2.11. The Morgan fingerprint density at radius 1 is 1.24 bits per heavy atom. The summed E-state index contributed by atoms with van der Waals surface area (Å²) in [6, 6.07) is 13.8. The fourth-order valence-electron chi connectivity index (χ4n) is 4.36. The predicted octanol–water partition coefficient (Wildman–Crippen LogP) is 3.61. The summed E-state index contributed by atoms with van der Waals surface area (Å²) in [7, 11) is 1.53. The Labute approximate surface area is 196 Å². The van der Waals surface area contributed by atoms with Gasteiger partial charge in [0, 0.05) is 23.6 Å². The number of carbonyl (C=O) groups excluding carboxylic acids is 1. The van der Waals surface area contributed by atoms with E-state index in [9.17, 15) is 10.1 Å². The first kappa shape index (κ1) is 21.6. The summed E-state index contributed by atoms with van der Waals surface area (Å²) in [6.07, 6.45) is 4.19. The topological polar surface area (TPSA) is 102 Å². The number of pyridine rings is 1. The third-order valence-corrected chi connectivity index (χ3v) is 6.28. The van der Waals surface area contributed by atoms with E-state index in [1.165, 1.54) is 18.9 Å². The van der Waals surface area contributed by atoms with E-state index in [4.69, 9.17) is 9.47 Å². The van der Waals surface area contributed by atoms with Gasteiger partial charge in [0.2, 0.25) is 0 Å². The van der Waals surface area contributed by atoms with Crippen LogP contribution in [0.1, 0.15) is 38.2 Å². The van der Waals surface area contributed by atoms with Gasteiger partial charge in [-0.3, -0.25) is 0 Å². The van der Waals surface area contributed by atoms with Gasteiger partial charge in [-0.25, -0.2) is 14.5 Å². The van der Waals surface area contributed by atoms with Crippen LogP contribution < -0.4 is 10.1 Å². The van der Waals surface area contributed by atoms with Crippen LogP contribution in [0.4, 0.5) is 0 Å². The van der Waals surface area contributed by atoms with Crippen molar-refractivity contribution in [3.05, 3.63) is 82.2 Å². The fraction of sp³-hybridized carbons (Fsp3) is 0.231. The molecule has 0 fully saturated rings. The van der Waals surface area contributed by atoms with Gasteiger partial charge < -0.3 is 14.8 Å². The summed E-state index contributed by atoms with van der Waals surface area (Å²) < 4.78 is 12.2. The molecule has 0 aliphatic carbocycles. The predicted molar refractivity (Wildman–Crippen MR) is 126 cm³/mol. The molecule has 0 saturated carbocycles. The van der Waals surface area contributed by atoms with Gasteiger partial charge in [0.1, 0.15) is 24.0 Å². The fourth-order valence-corrected chi connectivity index (χ4v) is 4.36. The molecule has 0 spiro atoms. The Balaban J connectivity index is 1.30. The van der Waals surface area contributed by atoms with Crippen molar-refractivity contribution >= 4 is 16.9 Å². The van der Waals surface area contributed by atoms with Crippen molar-refractivity contribution < 1.29 is 14.3 Å². The zero-order valence-corrected chi connectivity index (χ0v) is 19.0. The second kappa shape index (κ2) is 8.96. The van der Waals surface area contributed by atoms with Crippen molar-refractivity contribution in [2.24, 2.45) is 0 Å². The second-order valence-electron chi connectivity index (χ2n) is 8.14. The number of hydrogen-bond acceptors (Lipinski definition) is 7. The molecule has 170 valence electrons. The number of carbonyl (C=O) groups is 1. The first-order valence-corrected chi connectivity index (χ1v) is 11.0. The first-order chi connectivity index (χ1) is 16.6. The molecule has 0 saturated heterocycles. The molecule has 8 heteroatoms. The minimum Gasteiger partial charge on any atom is -0.495 e. The largest absolute Gasteiger partial charge is 0.495 e. The van der Waals surface area contributed by atoms with Crippen molar-refractivity contribution in [3.8, 4) is 17.6 Å². The minimum atomic E-state index is -0.230. The molecule has 0 atom stereocenters. The Hall–Kier alpha value is -4.22. The number of aromatic nitrogens is 3. The number of nitriles is 1. The standard InChI is InChI=1S/C26H23N5O3/c1-16-17(6-7-20-22(16)15-34-26(20)32)8-9-28-12-18-4-3-5-23-21(18)14-30-31(23)25-10-24(33-2)19(11-27)13-29-25/h3-7,10,13-14,28H,8-9,12,15H2,1-2H3. The second-order valence-corrected chi connectivity index (χ2v) is 8.14. The van der Waals surface area contributed by atoms with Crippen LogP contribution in [-0.4, -0.2) is 34.4 Å². The molecule has 2 aromatic carbocycles. The van der Waals surface area contributed by atoms with Crippen LogP contribution in [0.3, 0.4) is 0 Å². The SMILES string of the molecule is COc1cc(-n2ncc3c(CNCCc4ccc5c(c4C)COC5=O)cccc32)ncc1C#N. The van der Waals surface area contributed by atoms with Gasteiger partial charge >= 0.3 is 5.97 Å². The van der Waals surface area contributed by atoms with E-state index in [1.807, 2.05) is 30.5 Å². The smallest absolute Gasteiger partial charge is 0.338 e. The number of benzene rings is 2. The van der Waals surface area contributed by atoms with Gasteiger partial charge in [0.05, 0.1) is 30.6 Å². The van der Waals surface area contributed by atoms with Crippen molar-refractivity contribution in [2.45, 2.75) is 26.5 Å². The number of ether oxygens (including phenoxy) is 2. The summed E-state index contributed by atoms with van der Waals surface area (Å²) in [6.45, 7) is 3.91. The quantitative estimate of drug-likeness (QED) is 0.337. The van der Waals surface area contributed by atoms with Crippen molar-refractivity contribution in [1.82, 2.24) is 20.1 Å². The van der Waals surface area contributed by atoms with Crippen LogP contribution in [0.25, 0.3) is 16.7 Å². The lowest BCUT2D eigenvalue weighted by Crippen LogP contribution is -2.17. The molecule has 4 aromatic rings. The summed E-state index contributed by atoms with van der Waals surface area (Å²) in [5.74, 6) is 0.823. The third-order valence-electron chi connectivity index (χ3n) is 6.28. The van der Waals surface area contributed by atoms with Crippen LogP contribution in [0.15, 0.2) is 48.8 Å². The zero-order chi connectivity index (χ0) is 23.7. The molecular weight excluding hydrogens is 430 g/mol. The molecule has 8 nitrogen and oxygen atoms in total. The molecule has 2 aromatic heterocycles. The lowest BCUT2D eigenvalue weighted by atomic mass is 9.97.